The average molecular weight is 224 g/mol. The van der Waals surface area contributed by atoms with Crippen LogP contribution in [0.15, 0.2) is 24.3 Å². The largest absolute Gasteiger partial charge is 0.396 e. The number of rotatable bonds is 6. The summed E-state index contributed by atoms with van der Waals surface area (Å²) < 4.78 is 13.0. The number of hydrogen-bond donors (Lipinski definition) is 1. The topological polar surface area (TPSA) is 20.2 Å². The minimum absolute atomic E-state index is 0.184. The molecular formula is C14H21FO. The lowest BCUT2D eigenvalue weighted by Gasteiger charge is -2.15. The fourth-order valence-electron chi connectivity index (χ4n) is 1.82. The zero-order valence-electron chi connectivity index (χ0n) is 10.1. The number of hydrogen-bond acceptors (Lipinski definition) is 1. The van der Waals surface area contributed by atoms with Gasteiger partial charge in [-0.25, -0.2) is 4.39 Å². The van der Waals surface area contributed by atoms with Crippen molar-refractivity contribution in [3.63, 3.8) is 0 Å². The Morgan fingerprint density at radius 1 is 1.25 bits per heavy atom. The highest BCUT2D eigenvalue weighted by Gasteiger charge is 2.09. The number of aliphatic hydroxyl groups is 1. The van der Waals surface area contributed by atoms with E-state index in [-0.39, 0.29) is 18.3 Å². The first-order valence-corrected chi connectivity index (χ1v) is 5.97. The first-order valence-electron chi connectivity index (χ1n) is 5.97. The van der Waals surface area contributed by atoms with Crippen LogP contribution >= 0.6 is 0 Å². The maximum Gasteiger partial charge on any atom is 0.123 e. The first kappa shape index (κ1) is 13.2. The molecule has 0 heterocycles. The Labute approximate surface area is 97.3 Å². The normalized spacial score (nSPS) is 13.1. The van der Waals surface area contributed by atoms with Crippen LogP contribution in [-0.4, -0.2) is 11.7 Å². The molecule has 0 saturated carbocycles. The number of halogens is 1. The van der Waals surface area contributed by atoms with E-state index < -0.39 is 0 Å². The van der Waals surface area contributed by atoms with Crippen molar-refractivity contribution >= 4 is 0 Å². The second-order valence-electron chi connectivity index (χ2n) is 4.85. The highest BCUT2D eigenvalue weighted by molar-refractivity contribution is 5.16. The van der Waals surface area contributed by atoms with Crippen molar-refractivity contribution in [2.24, 2.45) is 11.8 Å². The molecule has 1 aromatic rings. The monoisotopic (exact) mass is 224 g/mol. The van der Waals surface area contributed by atoms with Crippen LogP contribution in [0.25, 0.3) is 0 Å². The van der Waals surface area contributed by atoms with Crippen LogP contribution in [0.3, 0.4) is 0 Å². The fourth-order valence-corrected chi connectivity index (χ4v) is 1.82. The molecule has 0 spiro atoms. The molecule has 0 amide bonds. The van der Waals surface area contributed by atoms with Crippen LogP contribution in [-0.2, 0) is 6.42 Å². The van der Waals surface area contributed by atoms with Crippen molar-refractivity contribution in [1.29, 1.82) is 0 Å². The van der Waals surface area contributed by atoms with E-state index >= 15 is 0 Å². The summed E-state index contributed by atoms with van der Waals surface area (Å²) in [5.41, 5.74) is 0.975. The number of benzene rings is 1. The van der Waals surface area contributed by atoms with Crippen LogP contribution in [0.4, 0.5) is 4.39 Å². The lowest BCUT2D eigenvalue weighted by molar-refractivity contribution is 0.211. The molecule has 1 atom stereocenters. The summed E-state index contributed by atoms with van der Waals surface area (Å²) in [6.07, 6.45) is 2.88. The van der Waals surface area contributed by atoms with Crippen molar-refractivity contribution < 1.29 is 9.50 Å². The Balaban J connectivity index is 2.49. The molecule has 0 aromatic heterocycles. The Bertz CT molecular complexity index is 309. The molecule has 0 bridgehead atoms. The first-order chi connectivity index (χ1) is 7.61. The molecule has 0 saturated heterocycles. The SMILES string of the molecule is CC(C)CCC(CO)Cc1cccc(F)c1. The van der Waals surface area contributed by atoms with Crippen LogP contribution in [0, 0.1) is 17.7 Å². The molecule has 0 aliphatic carbocycles. The van der Waals surface area contributed by atoms with Gasteiger partial charge in [-0.15, -0.1) is 0 Å². The predicted molar refractivity (Wildman–Crippen MR) is 64.8 cm³/mol. The van der Waals surface area contributed by atoms with E-state index in [9.17, 15) is 9.50 Å². The van der Waals surface area contributed by atoms with Gasteiger partial charge in [0.25, 0.3) is 0 Å². The van der Waals surface area contributed by atoms with Crippen molar-refractivity contribution in [3.05, 3.63) is 35.6 Å². The van der Waals surface area contributed by atoms with E-state index in [4.69, 9.17) is 0 Å². The Morgan fingerprint density at radius 2 is 2.00 bits per heavy atom. The quantitative estimate of drug-likeness (QED) is 0.785. The van der Waals surface area contributed by atoms with E-state index in [1.54, 1.807) is 12.1 Å². The summed E-state index contributed by atoms with van der Waals surface area (Å²) in [5, 5.41) is 9.28. The Morgan fingerprint density at radius 3 is 2.56 bits per heavy atom. The van der Waals surface area contributed by atoms with Gasteiger partial charge in [0, 0.05) is 6.61 Å². The highest BCUT2D eigenvalue weighted by Crippen LogP contribution is 2.17. The zero-order chi connectivity index (χ0) is 12.0. The highest BCUT2D eigenvalue weighted by atomic mass is 19.1. The fraction of sp³-hybridized carbons (Fsp3) is 0.571. The summed E-state index contributed by atoms with van der Waals surface area (Å²) in [6.45, 7) is 4.54. The van der Waals surface area contributed by atoms with Gasteiger partial charge in [0.05, 0.1) is 0 Å². The van der Waals surface area contributed by atoms with Crippen molar-refractivity contribution in [3.8, 4) is 0 Å². The third kappa shape index (κ3) is 4.75. The van der Waals surface area contributed by atoms with Crippen LogP contribution in [0.5, 0.6) is 0 Å². The predicted octanol–water partition coefficient (Wildman–Crippen LogP) is 3.41. The third-order valence-corrected chi connectivity index (χ3v) is 2.82. The van der Waals surface area contributed by atoms with Crippen LogP contribution in [0.2, 0.25) is 0 Å². The number of aliphatic hydroxyl groups excluding tert-OH is 1. The molecule has 0 aliphatic rings. The van der Waals surface area contributed by atoms with Gasteiger partial charge in [-0.05, 0) is 42.4 Å². The van der Waals surface area contributed by atoms with Crippen LogP contribution in [0.1, 0.15) is 32.3 Å². The minimum atomic E-state index is -0.196. The van der Waals surface area contributed by atoms with E-state index in [1.807, 2.05) is 6.07 Å². The van der Waals surface area contributed by atoms with Gasteiger partial charge >= 0.3 is 0 Å². The van der Waals surface area contributed by atoms with E-state index in [2.05, 4.69) is 13.8 Å². The summed E-state index contributed by atoms with van der Waals surface area (Å²) in [5.74, 6) is 0.712. The van der Waals surface area contributed by atoms with Gasteiger partial charge in [-0.2, -0.15) is 0 Å². The molecule has 0 fully saturated rings. The molecule has 0 aliphatic heterocycles. The van der Waals surface area contributed by atoms with Gasteiger partial charge in [0.2, 0.25) is 0 Å². The Hall–Kier alpha value is -0.890. The molecule has 16 heavy (non-hydrogen) atoms. The molecule has 0 radical (unpaired) electrons. The smallest absolute Gasteiger partial charge is 0.123 e. The third-order valence-electron chi connectivity index (χ3n) is 2.82. The molecule has 1 N–H and O–H groups in total. The van der Waals surface area contributed by atoms with E-state index in [1.165, 1.54) is 6.07 Å². The maximum absolute atomic E-state index is 13.0. The maximum atomic E-state index is 13.0. The van der Waals surface area contributed by atoms with Gasteiger partial charge in [-0.3, -0.25) is 0 Å². The van der Waals surface area contributed by atoms with Crippen molar-refractivity contribution in [2.75, 3.05) is 6.61 Å². The van der Waals surface area contributed by atoms with Gasteiger partial charge in [-0.1, -0.05) is 32.4 Å². The second-order valence-corrected chi connectivity index (χ2v) is 4.85. The average Bonchev–Trinajstić information content (AvgIpc) is 2.24. The lowest BCUT2D eigenvalue weighted by Crippen LogP contribution is -2.11. The summed E-state index contributed by atoms with van der Waals surface area (Å²) in [6, 6.07) is 6.65. The van der Waals surface area contributed by atoms with E-state index in [0.29, 0.717) is 5.92 Å². The molecule has 1 unspecified atom stereocenters. The van der Waals surface area contributed by atoms with Crippen molar-refractivity contribution in [1.82, 2.24) is 0 Å². The summed E-state index contributed by atoms with van der Waals surface area (Å²) in [7, 11) is 0. The van der Waals surface area contributed by atoms with E-state index in [0.717, 1.165) is 24.8 Å². The minimum Gasteiger partial charge on any atom is -0.396 e. The van der Waals surface area contributed by atoms with Gasteiger partial charge in [0.1, 0.15) is 5.82 Å². The van der Waals surface area contributed by atoms with Gasteiger partial charge in [0.15, 0.2) is 0 Å². The molecule has 1 nitrogen and oxygen atoms in total. The molecule has 90 valence electrons. The van der Waals surface area contributed by atoms with Crippen molar-refractivity contribution in [2.45, 2.75) is 33.1 Å². The zero-order valence-corrected chi connectivity index (χ0v) is 10.1. The van der Waals surface area contributed by atoms with Gasteiger partial charge < -0.3 is 5.11 Å². The standard InChI is InChI=1S/C14H21FO/c1-11(2)6-7-13(10-16)8-12-4-3-5-14(15)9-12/h3-5,9,11,13,16H,6-8,10H2,1-2H3. The van der Waals surface area contributed by atoms with Crippen LogP contribution < -0.4 is 0 Å². The molecule has 2 heteroatoms. The summed E-state index contributed by atoms with van der Waals surface area (Å²) >= 11 is 0. The lowest BCUT2D eigenvalue weighted by atomic mass is 9.92. The Kier molecular flexibility index (Phi) is 5.47. The molecule has 1 aromatic carbocycles. The molecule has 1 rings (SSSR count). The molecular weight excluding hydrogens is 203 g/mol. The second kappa shape index (κ2) is 6.64. The summed E-state index contributed by atoms with van der Waals surface area (Å²) in [4.78, 5) is 0.